The summed E-state index contributed by atoms with van der Waals surface area (Å²) in [6, 6.07) is 23.1. The molecule has 0 saturated carbocycles. The molecule has 96 valence electrons. The Labute approximate surface area is 117 Å². The average molecular weight is 258 g/mol. The largest absolute Gasteiger partial charge is 0.456 e. The molecule has 0 unspecified atom stereocenters. The van der Waals surface area contributed by atoms with Gasteiger partial charge in [0, 0.05) is 10.8 Å². The third-order valence-electron chi connectivity index (χ3n) is 3.81. The number of benzene rings is 3. The van der Waals surface area contributed by atoms with Gasteiger partial charge >= 0.3 is 0 Å². The first-order valence-electron chi connectivity index (χ1n) is 6.80. The minimum atomic E-state index is 0.953. The molecule has 0 radical (unpaired) electrons. The van der Waals surface area contributed by atoms with Crippen LogP contribution in [0.25, 0.3) is 33.1 Å². The van der Waals surface area contributed by atoms with Gasteiger partial charge in [0.15, 0.2) is 0 Å². The van der Waals surface area contributed by atoms with Crippen molar-refractivity contribution in [2.24, 2.45) is 0 Å². The van der Waals surface area contributed by atoms with Gasteiger partial charge in [-0.25, -0.2) is 0 Å². The Balaban J connectivity index is 2.06. The van der Waals surface area contributed by atoms with E-state index < -0.39 is 0 Å². The van der Waals surface area contributed by atoms with E-state index in [1.807, 2.05) is 18.2 Å². The Morgan fingerprint density at radius 3 is 2.40 bits per heavy atom. The van der Waals surface area contributed by atoms with Crippen molar-refractivity contribution in [3.8, 4) is 11.1 Å². The monoisotopic (exact) mass is 258 g/mol. The second-order valence-corrected chi connectivity index (χ2v) is 5.13. The summed E-state index contributed by atoms with van der Waals surface area (Å²) in [6.07, 6.45) is 0. The lowest BCUT2D eigenvalue weighted by atomic mass is 10.0. The van der Waals surface area contributed by atoms with Gasteiger partial charge in [-0.3, -0.25) is 0 Å². The maximum atomic E-state index is 5.92. The SMILES string of the molecule is Cc1cccc2oc3ccc(-c4ccccc4)cc3c12. The van der Waals surface area contributed by atoms with Gasteiger partial charge < -0.3 is 4.42 Å². The highest BCUT2D eigenvalue weighted by atomic mass is 16.3. The molecule has 4 aromatic rings. The summed E-state index contributed by atoms with van der Waals surface area (Å²) in [5, 5.41) is 2.42. The topological polar surface area (TPSA) is 13.1 Å². The standard InChI is InChI=1S/C19H14O/c1-13-6-5-9-18-19(13)16-12-15(10-11-17(16)20-18)14-7-3-2-4-8-14/h2-12H,1H3. The van der Waals surface area contributed by atoms with Crippen LogP contribution in [0.1, 0.15) is 5.56 Å². The maximum Gasteiger partial charge on any atom is 0.135 e. The van der Waals surface area contributed by atoms with Crippen molar-refractivity contribution in [2.45, 2.75) is 6.92 Å². The zero-order valence-electron chi connectivity index (χ0n) is 11.3. The first kappa shape index (κ1) is 11.3. The lowest BCUT2D eigenvalue weighted by Crippen LogP contribution is -1.77. The van der Waals surface area contributed by atoms with Crippen LogP contribution < -0.4 is 0 Å². The molecule has 1 heteroatoms. The molecular formula is C19H14O. The Kier molecular flexibility index (Phi) is 2.40. The number of rotatable bonds is 1. The van der Waals surface area contributed by atoms with Crippen molar-refractivity contribution in [2.75, 3.05) is 0 Å². The molecule has 0 spiro atoms. The van der Waals surface area contributed by atoms with E-state index in [-0.39, 0.29) is 0 Å². The molecule has 0 saturated heterocycles. The third kappa shape index (κ3) is 1.64. The smallest absolute Gasteiger partial charge is 0.135 e. The summed E-state index contributed by atoms with van der Waals surface area (Å²) < 4.78 is 5.92. The van der Waals surface area contributed by atoms with E-state index in [2.05, 4.69) is 55.5 Å². The molecule has 0 bridgehead atoms. The van der Waals surface area contributed by atoms with Crippen LogP contribution in [0.15, 0.2) is 71.1 Å². The van der Waals surface area contributed by atoms with Crippen LogP contribution in [-0.4, -0.2) is 0 Å². The van der Waals surface area contributed by atoms with Crippen molar-refractivity contribution < 1.29 is 4.42 Å². The fraction of sp³-hybridized carbons (Fsp3) is 0.0526. The Morgan fingerprint density at radius 1 is 0.700 bits per heavy atom. The van der Waals surface area contributed by atoms with E-state index in [1.54, 1.807) is 0 Å². The summed E-state index contributed by atoms with van der Waals surface area (Å²) in [5.41, 5.74) is 5.63. The van der Waals surface area contributed by atoms with Gasteiger partial charge in [0.2, 0.25) is 0 Å². The average Bonchev–Trinajstić information content (AvgIpc) is 2.87. The number of furan rings is 1. The zero-order chi connectivity index (χ0) is 13.5. The van der Waals surface area contributed by atoms with Crippen molar-refractivity contribution in [3.05, 3.63) is 72.3 Å². The van der Waals surface area contributed by atoms with Crippen molar-refractivity contribution >= 4 is 21.9 Å². The van der Waals surface area contributed by atoms with E-state index in [9.17, 15) is 0 Å². The predicted octanol–water partition coefficient (Wildman–Crippen LogP) is 5.56. The Bertz CT molecular complexity index is 901. The van der Waals surface area contributed by atoms with Crippen LogP contribution in [0.4, 0.5) is 0 Å². The lowest BCUT2D eigenvalue weighted by molar-refractivity contribution is 0.669. The van der Waals surface area contributed by atoms with Crippen LogP contribution in [0.5, 0.6) is 0 Å². The molecule has 1 nitrogen and oxygen atoms in total. The first-order chi connectivity index (χ1) is 9.83. The van der Waals surface area contributed by atoms with Crippen LogP contribution in [0.2, 0.25) is 0 Å². The number of fused-ring (bicyclic) bond motifs is 3. The third-order valence-corrected chi connectivity index (χ3v) is 3.81. The van der Waals surface area contributed by atoms with Crippen LogP contribution in [0.3, 0.4) is 0 Å². The summed E-state index contributed by atoms with van der Waals surface area (Å²) in [5.74, 6) is 0. The molecule has 1 aromatic heterocycles. The fourth-order valence-electron chi connectivity index (χ4n) is 2.81. The van der Waals surface area contributed by atoms with Crippen LogP contribution >= 0.6 is 0 Å². The Morgan fingerprint density at radius 2 is 1.55 bits per heavy atom. The zero-order valence-corrected chi connectivity index (χ0v) is 11.3. The van der Waals surface area contributed by atoms with E-state index >= 15 is 0 Å². The van der Waals surface area contributed by atoms with Gasteiger partial charge in [0.25, 0.3) is 0 Å². The quantitative estimate of drug-likeness (QED) is 0.435. The molecular weight excluding hydrogens is 244 g/mol. The number of hydrogen-bond acceptors (Lipinski definition) is 1. The molecule has 0 amide bonds. The van der Waals surface area contributed by atoms with Crippen molar-refractivity contribution in [1.29, 1.82) is 0 Å². The molecule has 0 N–H and O–H groups in total. The van der Waals surface area contributed by atoms with E-state index in [1.165, 1.54) is 27.5 Å². The minimum absolute atomic E-state index is 0.953. The van der Waals surface area contributed by atoms with Crippen molar-refractivity contribution in [3.63, 3.8) is 0 Å². The Hall–Kier alpha value is -2.54. The highest BCUT2D eigenvalue weighted by Crippen LogP contribution is 2.33. The summed E-state index contributed by atoms with van der Waals surface area (Å²) >= 11 is 0. The molecule has 4 rings (SSSR count). The van der Waals surface area contributed by atoms with E-state index in [0.29, 0.717) is 0 Å². The van der Waals surface area contributed by atoms with Gasteiger partial charge in [0.05, 0.1) is 0 Å². The fourth-order valence-corrected chi connectivity index (χ4v) is 2.81. The summed E-state index contributed by atoms with van der Waals surface area (Å²) in [6.45, 7) is 2.13. The first-order valence-corrected chi connectivity index (χ1v) is 6.80. The minimum Gasteiger partial charge on any atom is -0.456 e. The predicted molar refractivity (Wildman–Crippen MR) is 83.9 cm³/mol. The van der Waals surface area contributed by atoms with E-state index in [4.69, 9.17) is 4.42 Å². The molecule has 0 aliphatic heterocycles. The number of hydrogen-bond donors (Lipinski definition) is 0. The van der Waals surface area contributed by atoms with Gasteiger partial charge in [-0.05, 0) is 41.8 Å². The molecule has 0 aliphatic rings. The van der Waals surface area contributed by atoms with Crippen molar-refractivity contribution in [1.82, 2.24) is 0 Å². The molecule has 3 aromatic carbocycles. The van der Waals surface area contributed by atoms with Crippen LogP contribution in [0, 0.1) is 6.92 Å². The molecule has 0 aliphatic carbocycles. The highest BCUT2D eigenvalue weighted by Gasteiger charge is 2.09. The van der Waals surface area contributed by atoms with Crippen LogP contribution in [-0.2, 0) is 0 Å². The van der Waals surface area contributed by atoms with Gasteiger partial charge in [0.1, 0.15) is 11.2 Å². The number of aryl methyl sites for hydroxylation is 1. The maximum absolute atomic E-state index is 5.92. The van der Waals surface area contributed by atoms with Gasteiger partial charge in [-0.15, -0.1) is 0 Å². The molecule has 0 fully saturated rings. The summed E-state index contributed by atoms with van der Waals surface area (Å²) in [7, 11) is 0. The van der Waals surface area contributed by atoms with Gasteiger partial charge in [-0.1, -0.05) is 48.5 Å². The second kappa shape index (κ2) is 4.24. The lowest BCUT2D eigenvalue weighted by Gasteiger charge is -2.01. The second-order valence-electron chi connectivity index (χ2n) is 5.13. The molecule has 0 atom stereocenters. The van der Waals surface area contributed by atoms with Gasteiger partial charge in [-0.2, -0.15) is 0 Å². The van der Waals surface area contributed by atoms with E-state index in [0.717, 1.165) is 11.2 Å². The normalized spacial score (nSPS) is 11.2. The molecule has 1 heterocycles. The summed E-state index contributed by atoms with van der Waals surface area (Å²) in [4.78, 5) is 0. The highest BCUT2D eigenvalue weighted by molar-refractivity contribution is 6.07. The molecule has 20 heavy (non-hydrogen) atoms.